The van der Waals surface area contributed by atoms with E-state index in [1.807, 2.05) is 0 Å². The van der Waals surface area contributed by atoms with E-state index < -0.39 is 11.7 Å². The molecule has 0 aliphatic carbocycles. The second-order valence-corrected chi connectivity index (χ2v) is 7.41. The summed E-state index contributed by atoms with van der Waals surface area (Å²) >= 11 is 3.39. The van der Waals surface area contributed by atoms with Crippen LogP contribution in [-0.4, -0.2) is 11.9 Å². The number of rotatable bonds is 8. The molecular formula is C22H20BrF3O3. The summed E-state index contributed by atoms with van der Waals surface area (Å²) in [5.41, 5.74) is -0.381. The molecule has 7 heteroatoms. The SMILES string of the molecule is O=c1c(OCCCCCCBr)c(-c2ccc(C(F)(F)F)cc2)oc2ccccc12. The van der Waals surface area contributed by atoms with Crippen LogP contribution in [0, 0.1) is 0 Å². The summed E-state index contributed by atoms with van der Waals surface area (Å²) < 4.78 is 50.2. The van der Waals surface area contributed by atoms with E-state index in [9.17, 15) is 18.0 Å². The number of para-hydroxylation sites is 1. The summed E-state index contributed by atoms with van der Waals surface area (Å²) in [5, 5.41) is 1.32. The quantitative estimate of drug-likeness (QED) is 0.269. The summed E-state index contributed by atoms with van der Waals surface area (Å²) in [6, 6.07) is 11.3. The Balaban J connectivity index is 1.95. The van der Waals surface area contributed by atoms with Gasteiger partial charge in [-0.3, -0.25) is 4.79 Å². The minimum atomic E-state index is -4.43. The molecule has 0 bridgehead atoms. The average molecular weight is 469 g/mol. The van der Waals surface area contributed by atoms with E-state index in [1.165, 1.54) is 12.1 Å². The van der Waals surface area contributed by atoms with Crippen LogP contribution in [0.4, 0.5) is 13.2 Å². The third-order valence-electron chi connectivity index (χ3n) is 4.50. The topological polar surface area (TPSA) is 39.4 Å². The molecule has 0 saturated carbocycles. The first-order chi connectivity index (χ1) is 13.9. The number of ether oxygens (including phenoxy) is 1. The number of alkyl halides is 4. The van der Waals surface area contributed by atoms with Gasteiger partial charge in [0.25, 0.3) is 0 Å². The van der Waals surface area contributed by atoms with Crippen molar-refractivity contribution in [2.45, 2.75) is 31.9 Å². The van der Waals surface area contributed by atoms with Crippen LogP contribution in [0.3, 0.4) is 0 Å². The molecule has 0 saturated heterocycles. The molecule has 0 N–H and O–H groups in total. The van der Waals surface area contributed by atoms with Gasteiger partial charge in [-0.25, -0.2) is 0 Å². The van der Waals surface area contributed by atoms with Crippen molar-refractivity contribution in [2.24, 2.45) is 0 Å². The van der Waals surface area contributed by atoms with E-state index in [2.05, 4.69) is 15.9 Å². The number of hydrogen-bond acceptors (Lipinski definition) is 3. The second-order valence-electron chi connectivity index (χ2n) is 6.61. The predicted molar refractivity (Wildman–Crippen MR) is 111 cm³/mol. The minimum Gasteiger partial charge on any atom is -0.486 e. The van der Waals surface area contributed by atoms with E-state index in [-0.39, 0.29) is 16.9 Å². The van der Waals surface area contributed by atoms with E-state index in [4.69, 9.17) is 9.15 Å². The summed E-state index contributed by atoms with van der Waals surface area (Å²) in [4.78, 5) is 12.9. The average Bonchev–Trinajstić information content (AvgIpc) is 2.71. The zero-order valence-corrected chi connectivity index (χ0v) is 17.2. The Kier molecular flexibility index (Phi) is 7.00. The number of unbranched alkanes of at least 4 members (excludes halogenated alkanes) is 3. The molecule has 0 atom stereocenters. The predicted octanol–water partition coefficient (Wildman–Crippen LogP) is 6.81. The number of hydrogen-bond donors (Lipinski definition) is 0. The summed E-state index contributed by atoms with van der Waals surface area (Å²) in [6.07, 6.45) is -0.593. The Morgan fingerprint density at radius 3 is 2.31 bits per heavy atom. The normalized spacial score (nSPS) is 11.7. The van der Waals surface area contributed by atoms with Gasteiger partial charge in [0.1, 0.15) is 5.58 Å². The lowest BCUT2D eigenvalue weighted by atomic mass is 10.1. The molecule has 1 aromatic heterocycles. The van der Waals surface area contributed by atoms with Crippen molar-refractivity contribution in [3.8, 4) is 17.1 Å². The van der Waals surface area contributed by atoms with Crippen LogP contribution < -0.4 is 10.2 Å². The number of halogens is 4. The maximum absolute atomic E-state index is 12.9. The smallest absolute Gasteiger partial charge is 0.416 e. The van der Waals surface area contributed by atoms with E-state index >= 15 is 0 Å². The van der Waals surface area contributed by atoms with Crippen LogP contribution in [0.25, 0.3) is 22.3 Å². The van der Waals surface area contributed by atoms with Crippen molar-refractivity contribution in [3.63, 3.8) is 0 Å². The Morgan fingerprint density at radius 2 is 1.62 bits per heavy atom. The highest BCUT2D eigenvalue weighted by Crippen LogP contribution is 2.34. The number of fused-ring (bicyclic) bond motifs is 1. The van der Waals surface area contributed by atoms with Crippen molar-refractivity contribution in [2.75, 3.05) is 11.9 Å². The highest BCUT2D eigenvalue weighted by Gasteiger charge is 2.30. The van der Waals surface area contributed by atoms with Gasteiger partial charge < -0.3 is 9.15 Å². The van der Waals surface area contributed by atoms with Gasteiger partial charge in [0, 0.05) is 10.9 Å². The van der Waals surface area contributed by atoms with Crippen LogP contribution >= 0.6 is 15.9 Å². The molecule has 0 spiro atoms. The first-order valence-corrected chi connectivity index (χ1v) is 10.5. The first kappa shape index (κ1) is 21.4. The van der Waals surface area contributed by atoms with E-state index in [0.29, 0.717) is 23.1 Å². The molecule has 0 aliphatic heterocycles. The third-order valence-corrected chi connectivity index (χ3v) is 5.07. The van der Waals surface area contributed by atoms with E-state index in [1.54, 1.807) is 24.3 Å². The molecule has 0 fully saturated rings. The van der Waals surface area contributed by atoms with Gasteiger partial charge in [-0.1, -0.05) is 53.0 Å². The van der Waals surface area contributed by atoms with Gasteiger partial charge in [0.2, 0.25) is 11.2 Å². The molecule has 3 nitrogen and oxygen atoms in total. The minimum absolute atomic E-state index is 0.0314. The zero-order chi connectivity index (χ0) is 20.9. The Morgan fingerprint density at radius 1 is 0.931 bits per heavy atom. The molecule has 29 heavy (non-hydrogen) atoms. The van der Waals surface area contributed by atoms with E-state index in [0.717, 1.165) is 43.1 Å². The lowest BCUT2D eigenvalue weighted by Gasteiger charge is -2.12. The molecule has 0 radical (unpaired) electrons. The Bertz CT molecular complexity index is 1010. The molecule has 3 aromatic rings. The molecule has 0 aliphatic rings. The molecule has 0 unspecified atom stereocenters. The van der Waals surface area contributed by atoms with Crippen LogP contribution in [0.15, 0.2) is 57.7 Å². The molecule has 1 heterocycles. The lowest BCUT2D eigenvalue weighted by molar-refractivity contribution is -0.137. The first-order valence-electron chi connectivity index (χ1n) is 9.34. The monoisotopic (exact) mass is 468 g/mol. The van der Waals surface area contributed by atoms with Gasteiger partial charge in [-0.05, 0) is 37.1 Å². The molecule has 2 aromatic carbocycles. The fraction of sp³-hybridized carbons (Fsp3) is 0.318. The van der Waals surface area contributed by atoms with Crippen molar-refractivity contribution in [1.29, 1.82) is 0 Å². The van der Waals surface area contributed by atoms with Crippen LogP contribution in [0.1, 0.15) is 31.2 Å². The van der Waals surface area contributed by atoms with Crippen molar-refractivity contribution < 1.29 is 22.3 Å². The van der Waals surface area contributed by atoms with Crippen LogP contribution in [-0.2, 0) is 6.18 Å². The summed E-state index contributed by atoms with van der Waals surface area (Å²) in [7, 11) is 0. The van der Waals surface area contributed by atoms with Gasteiger partial charge in [-0.15, -0.1) is 0 Å². The van der Waals surface area contributed by atoms with Crippen LogP contribution in [0.2, 0.25) is 0 Å². The van der Waals surface area contributed by atoms with Crippen molar-refractivity contribution >= 4 is 26.9 Å². The third kappa shape index (κ3) is 5.21. The fourth-order valence-corrected chi connectivity index (χ4v) is 3.38. The zero-order valence-electron chi connectivity index (χ0n) is 15.6. The Labute approximate surface area is 174 Å². The van der Waals surface area contributed by atoms with Crippen LogP contribution in [0.5, 0.6) is 5.75 Å². The molecule has 154 valence electrons. The summed E-state index contributed by atoms with van der Waals surface area (Å²) in [6.45, 7) is 0.332. The lowest BCUT2D eigenvalue weighted by Crippen LogP contribution is -2.11. The van der Waals surface area contributed by atoms with Gasteiger partial charge in [0.15, 0.2) is 5.76 Å². The molecular weight excluding hydrogens is 449 g/mol. The highest BCUT2D eigenvalue weighted by molar-refractivity contribution is 9.09. The second kappa shape index (κ2) is 9.48. The highest BCUT2D eigenvalue weighted by atomic mass is 79.9. The maximum Gasteiger partial charge on any atom is 0.416 e. The van der Waals surface area contributed by atoms with Crippen molar-refractivity contribution in [1.82, 2.24) is 0 Å². The Hall–Kier alpha value is -2.28. The number of benzene rings is 2. The van der Waals surface area contributed by atoms with Gasteiger partial charge >= 0.3 is 6.18 Å². The standard InChI is InChI=1S/C22H20BrF3O3/c23-13-5-1-2-6-14-28-21-19(27)17-7-3-4-8-18(17)29-20(21)15-9-11-16(12-10-15)22(24,25)26/h3-4,7-12H,1-2,5-6,13-14H2. The van der Waals surface area contributed by atoms with Gasteiger partial charge in [-0.2, -0.15) is 13.2 Å². The fourth-order valence-electron chi connectivity index (χ4n) is 2.98. The molecule has 0 amide bonds. The van der Waals surface area contributed by atoms with Gasteiger partial charge in [0.05, 0.1) is 17.6 Å². The molecule has 3 rings (SSSR count). The largest absolute Gasteiger partial charge is 0.486 e. The maximum atomic E-state index is 12.9. The summed E-state index contributed by atoms with van der Waals surface area (Å²) in [5.74, 6) is 0.173. The van der Waals surface area contributed by atoms with Crippen molar-refractivity contribution in [3.05, 3.63) is 64.3 Å².